The van der Waals surface area contributed by atoms with E-state index in [1.165, 1.54) is 7.11 Å². The fourth-order valence-corrected chi connectivity index (χ4v) is 3.19. The van der Waals surface area contributed by atoms with E-state index in [9.17, 15) is 9.59 Å². The van der Waals surface area contributed by atoms with Crippen LogP contribution in [-0.2, 0) is 4.74 Å². The highest BCUT2D eigenvalue weighted by atomic mass is 35.5. The number of benzene rings is 2. The smallest absolute Gasteiger partial charge is 0.337 e. The Morgan fingerprint density at radius 1 is 1.14 bits per heavy atom. The molecule has 0 spiro atoms. The average Bonchev–Trinajstić information content (AvgIpc) is 3.16. The number of likely N-dealkylation sites (tertiary alicyclic amines) is 1. The molecule has 1 aliphatic rings. The van der Waals surface area contributed by atoms with Crippen LogP contribution in [0, 0.1) is 0 Å². The van der Waals surface area contributed by atoms with Crippen LogP contribution in [0.1, 0.15) is 32.5 Å². The van der Waals surface area contributed by atoms with E-state index in [0.29, 0.717) is 41.0 Å². The van der Waals surface area contributed by atoms with Gasteiger partial charge in [-0.3, -0.25) is 4.79 Å². The highest BCUT2D eigenvalue weighted by Gasteiger charge is 2.36. The lowest BCUT2D eigenvalue weighted by Crippen LogP contribution is -2.48. The Kier molecular flexibility index (Phi) is 4.83. The van der Waals surface area contributed by atoms with Crippen molar-refractivity contribution in [3.05, 3.63) is 70.6 Å². The van der Waals surface area contributed by atoms with Gasteiger partial charge < -0.3 is 14.2 Å². The van der Waals surface area contributed by atoms with Crippen molar-refractivity contribution in [2.45, 2.75) is 5.92 Å². The van der Waals surface area contributed by atoms with E-state index in [1.54, 1.807) is 41.3 Å². The lowest BCUT2D eigenvalue weighted by molar-refractivity contribution is 0.0564. The molecule has 0 bridgehead atoms. The SMILES string of the molecule is COC(=O)c1ccc(C(=O)N2CC(c3nc(-c4cccc(Cl)c4)no3)C2)cc1. The molecule has 0 atom stereocenters. The molecule has 1 amide bonds. The molecular weight excluding hydrogens is 382 g/mol. The molecule has 0 unspecified atom stereocenters. The van der Waals surface area contributed by atoms with Crippen molar-refractivity contribution in [3.8, 4) is 11.4 Å². The molecule has 142 valence electrons. The number of rotatable bonds is 4. The fraction of sp³-hybridized carbons (Fsp3) is 0.200. The predicted octanol–water partition coefficient (Wildman–Crippen LogP) is 3.42. The minimum atomic E-state index is -0.435. The van der Waals surface area contributed by atoms with Gasteiger partial charge in [-0.05, 0) is 36.4 Å². The summed E-state index contributed by atoms with van der Waals surface area (Å²) in [4.78, 5) is 30.1. The first-order valence-corrected chi connectivity index (χ1v) is 9.00. The van der Waals surface area contributed by atoms with Crippen LogP contribution in [0.15, 0.2) is 53.1 Å². The van der Waals surface area contributed by atoms with Crippen molar-refractivity contribution < 1.29 is 18.8 Å². The standard InChI is InChI=1S/C20H16ClN3O4/c1-27-20(26)13-7-5-12(6-8-13)19(25)24-10-15(11-24)18-22-17(23-28-18)14-3-2-4-16(21)9-14/h2-9,15H,10-11H2,1H3. The maximum absolute atomic E-state index is 12.5. The molecule has 1 fully saturated rings. The summed E-state index contributed by atoms with van der Waals surface area (Å²) >= 11 is 5.99. The predicted molar refractivity (Wildman–Crippen MR) is 101 cm³/mol. The van der Waals surface area contributed by atoms with Gasteiger partial charge in [-0.1, -0.05) is 28.9 Å². The van der Waals surface area contributed by atoms with E-state index in [-0.39, 0.29) is 11.8 Å². The quantitative estimate of drug-likeness (QED) is 0.627. The zero-order valence-corrected chi connectivity index (χ0v) is 15.7. The van der Waals surface area contributed by atoms with Crippen LogP contribution >= 0.6 is 11.6 Å². The molecule has 1 aliphatic heterocycles. The maximum Gasteiger partial charge on any atom is 0.337 e. The summed E-state index contributed by atoms with van der Waals surface area (Å²) in [6, 6.07) is 13.6. The van der Waals surface area contributed by atoms with Crippen LogP contribution in [0.4, 0.5) is 0 Å². The molecule has 1 aromatic heterocycles. The molecule has 4 rings (SSSR count). The van der Waals surface area contributed by atoms with E-state index >= 15 is 0 Å². The summed E-state index contributed by atoms with van der Waals surface area (Å²) in [5.41, 5.74) is 1.69. The van der Waals surface area contributed by atoms with E-state index in [2.05, 4.69) is 14.9 Å². The molecule has 0 saturated carbocycles. The second-order valence-electron chi connectivity index (χ2n) is 6.44. The topological polar surface area (TPSA) is 85.5 Å². The van der Waals surface area contributed by atoms with E-state index < -0.39 is 5.97 Å². The Hall–Kier alpha value is -3.19. The zero-order valence-electron chi connectivity index (χ0n) is 15.0. The lowest BCUT2D eigenvalue weighted by Gasteiger charge is -2.37. The molecular formula is C20H16ClN3O4. The molecule has 0 radical (unpaired) electrons. The third kappa shape index (κ3) is 3.48. The van der Waals surface area contributed by atoms with Crippen molar-refractivity contribution in [3.63, 3.8) is 0 Å². The van der Waals surface area contributed by atoms with E-state index in [0.717, 1.165) is 5.56 Å². The number of carbonyl (C=O) groups is 2. The van der Waals surface area contributed by atoms with Gasteiger partial charge in [-0.25, -0.2) is 4.79 Å². The third-order valence-corrected chi connectivity index (χ3v) is 4.83. The molecule has 28 heavy (non-hydrogen) atoms. The second kappa shape index (κ2) is 7.44. The number of carbonyl (C=O) groups excluding carboxylic acids is 2. The van der Waals surface area contributed by atoms with Crippen LogP contribution in [0.5, 0.6) is 0 Å². The van der Waals surface area contributed by atoms with Crippen LogP contribution in [0.2, 0.25) is 5.02 Å². The van der Waals surface area contributed by atoms with E-state index in [4.69, 9.17) is 16.1 Å². The molecule has 3 aromatic rings. The van der Waals surface area contributed by atoms with Gasteiger partial charge >= 0.3 is 5.97 Å². The van der Waals surface area contributed by atoms with Crippen molar-refractivity contribution in [1.29, 1.82) is 0 Å². The second-order valence-corrected chi connectivity index (χ2v) is 6.88. The van der Waals surface area contributed by atoms with Gasteiger partial charge in [0, 0.05) is 29.2 Å². The molecule has 7 nitrogen and oxygen atoms in total. The molecule has 2 heterocycles. The summed E-state index contributed by atoms with van der Waals surface area (Å²) in [6.07, 6.45) is 0. The summed E-state index contributed by atoms with van der Waals surface area (Å²) in [5, 5.41) is 4.60. The van der Waals surface area contributed by atoms with Crippen LogP contribution < -0.4 is 0 Å². The molecule has 0 N–H and O–H groups in total. The number of hydrogen-bond acceptors (Lipinski definition) is 6. The number of nitrogens with zero attached hydrogens (tertiary/aromatic N) is 3. The Bertz CT molecular complexity index is 1030. The minimum absolute atomic E-state index is 0.00118. The van der Waals surface area contributed by atoms with Gasteiger partial charge in [0.15, 0.2) is 0 Å². The molecule has 2 aromatic carbocycles. The number of esters is 1. The normalized spacial score (nSPS) is 13.9. The number of hydrogen-bond donors (Lipinski definition) is 0. The molecule has 0 aliphatic carbocycles. The Balaban J connectivity index is 1.39. The zero-order chi connectivity index (χ0) is 19.7. The maximum atomic E-state index is 12.5. The number of ether oxygens (including phenoxy) is 1. The summed E-state index contributed by atoms with van der Waals surface area (Å²) in [6.45, 7) is 0.990. The van der Waals surface area contributed by atoms with Gasteiger partial charge in [0.1, 0.15) is 0 Å². The number of aromatic nitrogens is 2. The van der Waals surface area contributed by atoms with Crippen LogP contribution in [0.25, 0.3) is 11.4 Å². The Morgan fingerprint density at radius 2 is 1.86 bits per heavy atom. The van der Waals surface area contributed by atoms with Crippen molar-refractivity contribution >= 4 is 23.5 Å². The highest BCUT2D eigenvalue weighted by molar-refractivity contribution is 6.30. The Morgan fingerprint density at radius 3 is 2.54 bits per heavy atom. The van der Waals surface area contributed by atoms with Gasteiger partial charge in [0.2, 0.25) is 11.7 Å². The number of halogens is 1. The highest BCUT2D eigenvalue weighted by Crippen LogP contribution is 2.29. The summed E-state index contributed by atoms with van der Waals surface area (Å²) in [7, 11) is 1.32. The minimum Gasteiger partial charge on any atom is -0.465 e. The average molecular weight is 398 g/mol. The largest absolute Gasteiger partial charge is 0.465 e. The number of amides is 1. The number of methoxy groups -OCH3 is 1. The first-order valence-electron chi connectivity index (χ1n) is 8.62. The lowest BCUT2D eigenvalue weighted by atomic mass is 9.98. The first-order chi connectivity index (χ1) is 13.5. The van der Waals surface area contributed by atoms with Crippen molar-refractivity contribution in [1.82, 2.24) is 15.0 Å². The van der Waals surface area contributed by atoms with Gasteiger partial charge in [0.25, 0.3) is 5.91 Å². The Labute approximate surface area is 165 Å². The van der Waals surface area contributed by atoms with Crippen molar-refractivity contribution in [2.75, 3.05) is 20.2 Å². The van der Waals surface area contributed by atoms with Gasteiger partial charge in [-0.15, -0.1) is 0 Å². The van der Waals surface area contributed by atoms with E-state index in [1.807, 2.05) is 12.1 Å². The monoisotopic (exact) mass is 397 g/mol. The van der Waals surface area contributed by atoms with Crippen LogP contribution in [-0.4, -0.2) is 47.1 Å². The third-order valence-electron chi connectivity index (χ3n) is 4.60. The van der Waals surface area contributed by atoms with Gasteiger partial charge in [0.05, 0.1) is 18.6 Å². The summed E-state index contributed by atoms with van der Waals surface area (Å²) in [5.74, 6) is 0.427. The first kappa shape index (κ1) is 18.2. The van der Waals surface area contributed by atoms with Crippen LogP contribution in [0.3, 0.4) is 0 Å². The van der Waals surface area contributed by atoms with Crippen molar-refractivity contribution in [2.24, 2.45) is 0 Å². The fourth-order valence-electron chi connectivity index (χ4n) is 3.00. The molecule has 8 heteroatoms. The molecule has 1 saturated heterocycles. The van der Waals surface area contributed by atoms with Gasteiger partial charge in [-0.2, -0.15) is 4.98 Å². The summed E-state index contributed by atoms with van der Waals surface area (Å²) < 4.78 is 10.0.